The number of piperidine rings is 1. The molecule has 2 aliphatic rings. The first-order valence-electron chi connectivity index (χ1n) is 7.91. The van der Waals surface area contributed by atoms with E-state index < -0.39 is 5.41 Å². The highest BCUT2D eigenvalue weighted by molar-refractivity contribution is 5.88. The lowest BCUT2D eigenvalue weighted by Gasteiger charge is -2.48. The summed E-state index contributed by atoms with van der Waals surface area (Å²) in [5.41, 5.74) is 3.56. The number of aromatic nitrogens is 1. The number of hydrogen-bond donors (Lipinski definition) is 1. The predicted octanol–water partition coefficient (Wildman–Crippen LogP) is 2.69. The zero-order valence-electron chi connectivity index (χ0n) is 13.3. The Balaban J connectivity index is 1.83. The molecule has 22 heavy (non-hydrogen) atoms. The summed E-state index contributed by atoms with van der Waals surface area (Å²) in [6, 6.07) is 6.94. The Hall–Kier alpha value is -1.81. The van der Waals surface area contributed by atoms with Gasteiger partial charge in [0, 0.05) is 35.6 Å². The van der Waals surface area contributed by atoms with Crippen molar-refractivity contribution >= 4 is 16.9 Å². The number of likely N-dealkylation sites (tertiary alicyclic amines) is 1. The molecular formula is C18H22N2O2. The molecule has 0 radical (unpaired) electrons. The molecule has 0 bridgehead atoms. The van der Waals surface area contributed by atoms with E-state index >= 15 is 0 Å². The predicted molar refractivity (Wildman–Crippen MR) is 85.9 cm³/mol. The highest BCUT2D eigenvalue weighted by atomic mass is 16.5. The van der Waals surface area contributed by atoms with E-state index in [4.69, 9.17) is 4.74 Å². The first-order chi connectivity index (χ1) is 10.5. The molecule has 1 saturated heterocycles. The van der Waals surface area contributed by atoms with Crippen molar-refractivity contribution in [2.45, 2.75) is 31.7 Å². The normalized spacial score (nSPS) is 31.0. The molecule has 2 aromatic rings. The number of methoxy groups -OCH3 is 1. The summed E-state index contributed by atoms with van der Waals surface area (Å²) in [6.07, 6.45) is 4.06. The minimum absolute atomic E-state index is 0.0927. The van der Waals surface area contributed by atoms with Gasteiger partial charge in [-0.2, -0.15) is 0 Å². The van der Waals surface area contributed by atoms with Gasteiger partial charge in [0.15, 0.2) is 0 Å². The molecule has 0 amide bonds. The Kier molecular flexibility index (Phi) is 2.89. The molecule has 2 heterocycles. The minimum atomic E-state index is -0.430. The Labute approximate surface area is 130 Å². The minimum Gasteiger partial charge on any atom is -0.469 e. The summed E-state index contributed by atoms with van der Waals surface area (Å²) >= 11 is 0. The van der Waals surface area contributed by atoms with E-state index in [0.717, 1.165) is 19.4 Å². The fourth-order valence-corrected chi connectivity index (χ4v) is 4.65. The van der Waals surface area contributed by atoms with Gasteiger partial charge in [-0.3, -0.25) is 4.79 Å². The fraction of sp³-hybridized carbons (Fsp3) is 0.500. The van der Waals surface area contributed by atoms with Crippen molar-refractivity contribution < 1.29 is 9.53 Å². The number of hydrogen-bond acceptors (Lipinski definition) is 3. The first-order valence-corrected chi connectivity index (χ1v) is 7.91. The van der Waals surface area contributed by atoms with E-state index in [-0.39, 0.29) is 5.97 Å². The van der Waals surface area contributed by atoms with E-state index in [2.05, 4.69) is 41.3 Å². The zero-order valence-corrected chi connectivity index (χ0v) is 13.3. The molecule has 4 nitrogen and oxygen atoms in total. The first kappa shape index (κ1) is 13.8. The third kappa shape index (κ3) is 1.76. The Morgan fingerprint density at radius 3 is 3.05 bits per heavy atom. The molecule has 0 spiro atoms. The van der Waals surface area contributed by atoms with Crippen molar-refractivity contribution in [3.8, 4) is 0 Å². The summed E-state index contributed by atoms with van der Waals surface area (Å²) in [5.74, 6) is 0.291. The average Bonchev–Trinajstić information content (AvgIpc) is 2.92. The summed E-state index contributed by atoms with van der Waals surface area (Å²) in [5, 5.41) is 1.37. The summed E-state index contributed by atoms with van der Waals surface area (Å²) in [7, 11) is 3.63. The number of rotatable bonds is 1. The SMILES string of the molecule is COC(=O)[C@@]1(C)C[C@@H]2c3cccc4[nH]cc(c34)C[C@H]2N(C)C1. The number of esters is 1. The molecular weight excluding hydrogens is 276 g/mol. The van der Waals surface area contributed by atoms with Gasteiger partial charge in [-0.05, 0) is 44.0 Å². The van der Waals surface area contributed by atoms with Crippen LogP contribution in [0, 0.1) is 5.41 Å². The maximum absolute atomic E-state index is 12.3. The number of aromatic amines is 1. The van der Waals surface area contributed by atoms with Gasteiger partial charge >= 0.3 is 5.97 Å². The molecule has 1 aliphatic carbocycles. The van der Waals surface area contributed by atoms with Crippen LogP contribution in [0.25, 0.3) is 10.9 Å². The third-order valence-corrected chi connectivity index (χ3v) is 5.63. The number of carbonyl (C=O) groups excluding carboxylic acids is 1. The Bertz CT molecular complexity index is 751. The van der Waals surface area contributed by atoms with Crippen LogP contribution in [0.5, 0.6) is 0 Å². The van der Waals surface area contributed by atoms with Gasteiger partial charge in [-0.25, -0.2) is 0 Å². The highest BCUT2D eigenvalue weighted by Gasteiger charge is 2.48. The van der Waals surface area contributed by atoms with Crippen molar-refractivity contribution in [3.05, 3.63) is 35.5 Å². The van der Waals surface area contributed by atoms with Crippen LogP contribution in [0.15, 0.2) is 24.4 Å². The third-order valence-electron chi connectivity index (χ3n) is 5.63. The molecule has 1 aromatic heterocycles. The standard InChI is InChI=1S/C18H22N2O2/c1-18(17(21)22-3)8-13-12-5-4-6-14-16(12)11(9-19-14)7-15(13)20(2)10-18/h4-6,9,13,15,19H,7-8,10H2,1-3H3/t13-,15-,18+/m1/s1. The van der Waals surface area contributed by atoms with E-state index in [9.17, 15) is 4.79 Å². The Morgan fingerprint density at radius 1 is 1.45 bits per heavy atom. The van der Waals surface area contributed by atoms with Gasteiger partial charge in [-0.1, -0.05) is 12.1 Å². The molecule has 1 N–H and O–H groups in total. The monoisotopic (exact) mass is 298 g/mol. The van der Waals surface area contributed by atoms with Crippen LogP contribution in [-0.4, -0.2) is 42.6 Å². The number of nitrogens with one attached hydrogen (secondary N) is 1. The molecule has 4 heteroatoms. The number of nitrogens with zero attached hydrogens (tertiary/aromatic N) is 1. The molecule has 0 saturated carbocycles. The average molecular weight is 298 g/mol. The maximum atomic E-state index is 12.3. The van der Waals surface area contributed by atoms with Crippen LogP contribution in [0.3, 0.4) is 0 Å². The van der Waals surface area contributed by atoms with Crippen LogP contribution >= 0.6 is 0 Å². The van der Waals surface area contributed by atoms with Gasteiger partial charge in [0.25, 0.3) is 0 Å². The highest BCUT2D eigenvalue weighted by Crippen LogP contribution is 2.48. The summed E-state index contributed by atoms with van der Waals surface area (Å²) in [6.45, 7) is 2.80. The molecule has 0 unspecified atom stereocenters. The van der Waals surface area contributed by atoms with Crippen molar-refractivity contribution in [1.82, 2.24) is 9.88 Å². The zero-order chi connectivity index (χ0) is 15.5. The molecule has 116 valence electrons. The number of H-pyrrole nitrogens is 1. The second-order valence-electron chi connectivity index (χ2n) is 7.13. The topological polar surface area (TPSA) is 45.3 Å². The molecule has 1 aliphatic heterocycles. The fourth-order valence-electron chi connectivity index (χ4n) is 4.65. The van der Waals surface area contributed by atoms with E-state index in [1.807, 2.05) is 6.92 Å². The smallest absolute Gasteiger partial charge is 0.312 e. The lowest BCUT2D eigenvalue weighted by molar-refractivity contribution is -0.156. The van der Waals surface area contributed by atoms with Crippen LogP contribution in [0.1, 0.15) is 30.4 Å². The van der Waals surface area contributed by atoms with Crippen LogP contribution < -0.4 is 0 Å². The van der Waals surface area contributed by atoms with Crippen LogP contribution in [0.4, 0.5) is 0 Å². The maximum Gasteiger partial charge on any atom is 0.312 e. The van der Waals surface area contributed by atoms with Gasteiger partial charge in [0.1, 0.15) is 0 Å². The second kappa shape index (κ2) is 4.59. The summed E-state index contributed by atoms with van der Waals surface area (Å²) in [4.78, 5) is 18.0. The van der Waals surface area contributed by atoms with Gasteiger partial charge < -0.3 is 14.6 Å². The molecule has 1 fully saturated rings. The Morgan fingerprint density at radius 2 is 2.27 bits per heavy atom. The molecule has 3 atom stereocenters. The number of benzene rings is 1. The van der Waals surface area contributed by atoms with Crippen LogP contribution in [-0.2, 0) is 16.0 Å². The second-order valence-corrected chi connectivity index (χ2v) is 7.13. The largest absolute Gasteiger partial charge is 0.469 e. The van der Waals surface area contributed by atoms with E-state index in [1.165, 1.54) is 29.1 Å². The summed E-state index contributed by atoms with van der Waals surface area (Å²) < 4.78 is 5.08. The quantitative estimate of drug-likeness (QED) is 0.823. The van der Waals surface area contributed by atoms with Gasteiger partial charge in [-0.15, -0.1) is 0 Å². The van der Waals surface area contributed by atoms with Gasteiger partial charge in [0.2, 0.25) is 0 Å². The molecule has 1 aromatic carbocycles. The number of fused-ring (bicyclic) bond motifs is 2. The molecule has 4 rings (SSSR count). The lowest BCUT2D eigenvalue weighted by Crippen LogP contribution is -2.54. The van der Waals surface area contributed by atoms with E-state index in [0.29, 0.717) is 12.0 Å². The number of carbonyl (C=O) groups is 1. The van der Waals surface area contributed by atoms with Crippen molar-refractivity contribution in [3.63, 3.8) is 0 Å². The van der Waals surface area contributed by atoms with Crippen molar-refractivity contribution in [2.24, 2.45) is 5.41 Å². The van der Waals surface area contributed by atoms with E-state index in [1.54, 1.807) is 0 Å². The number of ether oxygens (including phenoxy) is 1. The van der Waals surface area contributed by atoms with Gasteiger partial charge in [0.05, 0.1) is 12.5 Å². The van der Waals surface area contributed by atoms with Crippen molar-refractivity contribution in [1.29, 1.82) is 0 Å². The lowest BCUT2D eigenvalue weighted by atomic mass is 9.67. The van der Waals surface area contributed by atoms with Crippen molar-refractivity contribution in [2.75, 3.05) is 20.7 Å². The van der Waals surface area contributed by atoms with Crippen LogP contribution in [0.2, 0.25) is 0 Å². The number of likely N-dealkylation sites (N-methyl/N-ethyl adjacent to an activating group) is 1.